The molecule has 30 heavy (non-hydrogen) atoms. The second kappa shape index (κ2) is 15.9. The first-order chi connectivity index (χ1) is 14.3. The van der Waals surface area contributed by atoms with Crippen molar-refractivity contribution < 1.29 is 34.3 Å². The van der Waals surface area contributed by atoms with E-state index in [1.165, 1.54) is 6.20 Å². The van der Waals surface area contributed by atoms with E-state index < -0.39 is 11.6 Å². The van der Waals surface area contributed by atoms with Crippen LogP contribution in [0.4, 0.5) is 0 Å². The Morgan fingerprint density at radius 3 is 2.27 bits per heavy atom. The van der Waals surface area contributed by atoms with E-state index in [0.717, 1.165) is 0 Å². The molecule has 2 aromatic heterocycles. The molecule has 0 saturated carbocycles. The molecule has 0 radical (unpaired) electrons. The topological polar surface area (TPSA) is 202 Å². The van der Waals surface area contributed by atoms with Crippen LogP contribution in [0.25, 0.3) is 0 Å². The molecule has 13 heteroatoms. The first-order valence-corrected chi connectivity index (χ1v) is 8.29. The van der Waals surface area contributed by atoms with E-state index in [-0.39, 0.29) is 25.0 Å². The number of aliphatic hydroxyl groups excluding tert-OH is 1. The minimum absolute atomic E-state index is 0.0983. The summed E-state index contributed by atoms with van der Waals surface area (Å²) in [5.41, 5.74) is 1.01. The molecule has 0 spiro atoms. The molecule has 162 valence electrons. The van der Waals surface area contributed by atoms with Crippen LogP contribution in [-0.4, -0.2) is 53.2 Å². The van der Waals surface area contributed by atoms with Crippen molar-refractivity contribution in [3.8, 4) is 0 Å². The van der Waals surface area contributed by atoms with Crippen molar-refractivity contribution in [3.63, 3.8) is 0 Å². The lowest BCUT2D eigenvalue weighted by molar-refractivity contribution is -0.695. The number of nitrogens with one attached hydrogen (secondary N) is 2. The molecule has 2 aromatic rings. The van der Waals surface area contributed by atoms with E-state index in [4.69, 9.17) is 30.3 Å². The maximum Gasteiger partial charge on any atom is 0.257 e. The average molecular weight is 422 g/mol. The quantitative estimate of drug-likeness (QED) is 0.189. The fourth-order valence-corrected chi connectivity index (χ4v) is 1.96. The summed E-state index contributed by atoms with van der Waals surface area (Å²) in [5.74, 6) is -0.427. The Bertz CT molecular complexity index is 800. The molecule has 2 amide bonds. The molecule has 3 N–H and O–H groups in total. The first kappa shape index (κ1) is 25.9. The molecule has 2 rings (SSSR count). The zero-order valence-corrected chi connectivity index (χ0v) is 15.7. The smallest absolute Gasteiger partial charge is 0.257 e. The third-order valence-electron chi connectivity index (χ3n) is 3.10. The minimum Gasteiger partial charge on any atom is -0.554 e. The third kappa shape index (κ3) is 12.3. The molecule has 0 fully saturated rings. The van der Waals surface area contributed by atoms with Crippen molar-refractivity contribution in [2.75, 3.05) is 19.7 Å². The number of pyridine rings is 2. The Morgan fingerprint density at radius 2 is 1.70 bits per heavy atom. The van der Waals surface area contributed by atoms with Crippen molar-refractivity contribution in [1.82, 2.24) is 15.6 Å². The molecule has 0 aliphatic heterocycles. The van der Waals surface area contributed by atoms with E-state index in [1.54, 1.807) is 36.7 Å². The standard InChI is InChI=1S/C16H18N4O3.CH2O2.NO3/c21-10-7-19-16(23)14-4-2-8-20(12-14)9-6-18-15(22)13-3-1-5-17-11-13;2-1-3;2-1(3)4/h1-5,8,11-12,21H,6-7,9-10H2,(H-,18,19,22,23);1H,(H,2,3);/q;;-1. The lowest BCUT2D eigenvalue weighted by Gasteiger charge is -2.04. The molecule has 2 heterocycles. The summed E-state index contributed by atoms with van der Waals surface area (Å²) in [4.78, 5) is 44.1. The third-order valence-corrected chi connectivity index (χ3v) is 3.10. The van der Waals surface area contributed by atoms with E-state index in [2.05, 4.69) is 15.6 Å². The van der Waals surface area contributed by atoms with Gasteiger partial charge in [-0.2, -0.15) is 0 Å². The SMILES string of the molecule is O=C(NCCO)c1ccc[n+](CCNC(=O)c2cccnc2)c1.O=C[O-].O=[N+]([O-])[O-]. The van der Waals surface area contributed by atoms with Gasteiger partial charge in [0, 0.05) is 31.5 Å². The van der Waals surface area contributed by atoms with E-state index in [1.807, 2.05) is 10.8 Å². The Hall–Kier alpha value is -4.13. The maximum atomic E-state index is 11.9. The molecule has 0 aromatic carbocycles. The maximum absolute atomic E-state index is 11.9. The highest BCUT2D eigenvalue weighted by Crippen LogP contribution is 1.95. The molecular weight excluding hydrogens is 402 g/mol. The van der Waals surface area contributed by atoms with Gasteiger partial charge in [0.05, 0.1) is 23.8 Å². The minimum atomic E-state index is -1.75. The largest absolute Gasteiger partial charge is 0.554 e. The van der Waals surface area contributed by atoms with Crippen molar-refractivity contribution in [3.05, 3.63) is 75.5 Å². The second-order valence-corrected chi connectivity index (χ2v) is 5.13. The highest BCUT2D eigenvalue weighted by atomic mass is 16.9. The molecular formula is C17H20N5O8-. The molecule has 0 aliphatic rings. The Balaban J connectivity index is 0.00000105. The van der Waals surface area contributed by atoms with Crippen molar-refractivity contribution in [2.24, 2.45) is 0 Å². The van der Waals surface area contributed by atoms with Crippen molar-refractivity contribution in [2.45, 2.75) is 6.54 Å². The van der Waals surface area contributed by atoms with Gasteiger partial charge in [0.2, 0.25) is 0 Å². The zero-order chi connectivity index (χ0) is 22.8. The van der Waals surface area contributed by atoms with Crippen LogP contribution in [-0.2, 0) is 11.3 Å². The number of carboxylic acid groups (broad SMARTS) is 1. The van der Waals surface area contributed by atoms with E-state index >= 15 is 0 Å². The van der Waals surface area contributed by atoms with Crippen LogP contribution in [0.2, 0.25) is 0 Å². The van der Waals surface area contributed by atoms with Gasteiger partial charge in [-0.25, -0.2) is 4.57 Å². The van der Waals surface area contributed by atoms with E-state index in [0.29, 0.717) is 24.2 Å². The highest BCUT2D eigenvalue weighted by molar-refractivity contribution is 5.94. The van der Waals surface area contributed by atoms with Gasteiger partial charge in [0.1, 0.15) is 5.56 Å². The average Bonchev–Trinajstić information content (AvgIpc) is 2.73. The summed E-state index contributed by atoms with van der Waals surface area (Å²) in [6, 6.07) is 6.86. The Morgan fingerprint density at radius 1 is 1.13 bits per heavy atom. The number of carbonyl (C=O) groups excluding carboxylic acids is 3. The van der Waals surface area contributed by atoms with Crippen LogP contribution >= 0.6 is 0 Å². The van der Waals surface area contributed by atoms with Gasteiger partial charge >= 0.3 is 0 Å². The molecule has 0 aliphatic carbocycles. The van der Waals surface area contributed by atoms with E-state index in [9.17, 15) is 9.59 Å². The van der Waals surface area contributed by atoms with Crippen molar-refractivity contribution >= 4 is 18.3 Å². The fraction of sp³-hybridized carbons (Fsp3) is 0.235. The summed E-state index contributed by atoms with van der Waals surface area (Å²) in [7, 11) is 0. The molecule has 13 nitrogen and oxygen atoms in total. The summed E-state index contributed by atoms with van der Waals surface area (Å²) in [6.45, 7) is 0.584. The molecule has 0 unspecified atom stereocenters. The number of amides is 2. The van der Waals surface area contributed by atoms with Crippen LogP contribution in [0.1, 0.15) is 20.7 Å². The highest BCUT2D eigenvalue weighted by Gasteiger charge is 2.11. The number of nitrogens with zero attached hydrogens (tertiary/aromatic N) is 3. The van der Waals surface area contributed by atoms with Crippen LogP contribution in [0.5, 0.6) is 0 Å². The van der Waals surface area contributed by atoms with Gasteiger partial charge < -0.3 is 41.0 Å². The number of rotatable bonds is 7. The summed E-state index contributed by atoms with van der Waals surface area (Å²) < 4.78 is 1.82. The molecule has 0 bridgehead atoms. The number of aliphatic hydroxyl groups is 1. The van der Waals surface area contributed by atoms with Gasteiger partial charge in [-0.05, 0) is 18.2 Å². The second-order valence-electron chi connectivity index (χ2n) is 5.13. The molecule has 0 atom stereocenters. The summed E-state index contributed by atoms with van der Waals surface area (Å²) >= 11 is 0. The number of aromatic nitrogens is 2. The van der Waals surface area contributed by atoms with Gasteiger partial charge in [-0.1, -0.05) is 0 Å². The number of hydrogen-bond acceptors (Lipinski definition) is 9. The van der Waals surface area contributed by atoms with Gasteiger partial charge in [0.15, 0.2) is 18.9 Å². The van der Waals surface area contributed by atoms with Crippen LogP contribution < -0.4 is 20.3 Å². The number of carbonyl (C=O) groups is 3. The van der Waals surface area contributed by atoms with Gasteiger partial charge in [0.25, 0.3) is 11.8 Å². The van der Waals surface area contributed by atoms with Crippen molar-refractivity contribution in [1.29, 1.82) is 0 Å². The summed E-state index contributed by atoms with van der Waals surface area (Å²) in [6.07, 6.45) is 6.64. The predicted molar refractivity (Wildman–Crippen MR) is 99.1 cm³/mol. The predicted octanol–water partition coefficient (Wildman–Crippen LogP) is -2.35. The fourth-order valence-electron chi connectivity index (χ4n) is 1.96. The van der Waals surface area contributed by atoms with Crippen LogP contribution in [0.15, 0.2) is 49.1 Å². The Labute approximate surface area is 170 Å². The monoisotopic (exact) mass is 422 g/mol. The van der Waals surface area contributed by atoms with Gasteiger partial charge in [-0.15, -0.1) is 0 Å². The lowest BCUT2D eigenvalue weighted by atomic mass is 10.2. The lowest BCUT2D eigenvalue weighted by Crippen LogP contribution is -2.41. The van der Waals surface area contributed by atoms with Crippen LogP contribution in [0.3, 0.4) is 0 Å². The van der Waals surface area contributed by atoms with Crippen LogP contribution in [0, 0.1) is 15.3 Å². The molecule has 0 saturated heterocycles. The summed E-state index contributed by atoms with van der Waals surface area (Å²) in [5, 5.41) is 37.1. The first-order valence-electron chi connectivity index (χ1n) is 8.29. The normalized spacial score (nSPS) is 8.97. The Kier molecular flexibility index (Phi) is 13.7. The zero-order valence-electron chi connectivity index (χ0n) is 15.7. The van der Waals surface area contributed by atoms with Gasteiger partial charge in [-0.3, -0.25) is 14.6 Å². The number of hydrogen-bond donors (Lipinski definition) is 3.